The smallest absolute Gasteiger partial charge is 0.0775 e. The molecule has 0 bridgehead atoms. The van der Waals surface area contributed by atoms with E-state index in [1.54, 1.807) is 0 Å². The van der Waals surface area contributed by atoms with Gasteiger partial charge in [-0.3, -0.25) is 0 Å². The van der Waals surface area contributed by atoms with E-state index in [0.717, 1.165) is 25.5 Å². The van der Waals surface area contributed by atoms with Crippen molar-refractivity contribution in [2.24, 2.45) is 5.92 Å². The average molecular weight is 199 g/mol. The predicted molar refractivity (Wildman–Crippen MR) is 60.5 cm³/mol. The number of nitrogens with one attached hydrogen (secondary N) is 1. The molecule has 1 atom stereocenters. The van der Waals surface area contributed by atoms with E-state index >= 15 is 0 Å². The summed E-state index contributed by atoms with van der Waals surface area (Å²) in [5, 5.41) is 3.20. The van der Waals surface area contributed by atoms with Gasteiger partial charge in [-0.05, 0) is 32.7 Å². The lowest BCUT2D eigenvalue weighted by Gasteiger charge is -2.31. The minimum atomic E-state index is 0.0402. The largest absolute Gasteiger partial charge is 0.374 e. The molecule has 1 N–H and O–H groups in total. The van der Waals surface area contributed by atoms with Gasteiger partial charge in [0.25, 0.3) is 0 Å². The van der Waals surface area contributed by atoms with Crippen molar-refractivity contribution in [3.05, 3.63) is 0 Å². The zero-order chi connectivity index (χ0) is 10.4. The summed E-state index contributed by atoms with van der Waals surface area (Å²) in [6.45, 7) is 6.29. The Labute approximate surface area is 88.4 Å². The molecule has 1 aliphatic rings. The van der Waals surface area contributed by atoms with Gasteiger partial charge in [-0.2, -0.15) is 0 Å². The first kappa shape index (κ1) is 12.0. The van der Waals surface area contributed by atoms with Crippen LogP contribution in [0.4, 0.5) is 0 Å². The van der Waals surface area contributed by atoms with Crippen molar-refractivity contribution in [2.75, 3.05) is 20.2 Å². The van der Waals surface area contributed by atoms with Crippen LogP contribution >= 0.6 is 0 Å². The predicted octanol–water partition coefficient (Wildman–Crippen LogP) is 2.58. The SMILES string of the molecule is CCC(C)(CNC)OCCC1CCC1. The molecule has 0 spiro atoms. The molecule has 1 unspecified atom stereocenters. The summed E-state index contributed by atoms with van der Waals surface area (Å²) in [5.41, 5.74) is 0.0402. The lowest BCUT2D eigenvalue weighted by atomic mass is 9.83. The van der Waals surface area contributed by atoms with Gasteiger partial charge in [-0.15, -0.1) is 0 Å². The molecule has 0 aromatic carbocycles. The second-order valence-electron chi connectivity index (χ2n) is 4.77. The molecule has 0 radical (unpaired) electrons. The van der Waals surface area contributed by atoms with Gasteiger partial charge in [0.15, 0.2) is 0 Å². The highest BCUT2D eigenvalue weighted by Crippen LogP contribution is 2.29. The van der Waals surface area contributed by atoms with Crippen LogP contribution in [-0.2, 0) is 4.74 Å². The standard InChI is InChI=1S/C12H25NO/c1-4-12(2,10-13-3)14-9-8-11-6-5-7-11/h11,13H,4-10H2,1-3H3. The Morgan fingerprint density at radius 2 is 2.14 bits per heavy atom. The fourth-order valence-corrected chi connectivity index (χ4v) is 1.91. The molecule has 14 heavy (non-hydrogen) atoms. The van der Waals surface area contributed by atoms with E-state index in [1.165, 1.54) is 25.7 Å². The summed E-state index contributed by atoms with van der Waals surface area (Å²) in [6.07, 6.45) is 6.64. The molecule has 0 heterocycles. The zero-order valence-electron chi connectivity index (χ0n) is 9.94. The topological polar surface area (TPSA) is 21.3 Å². The van der Waals surface area contributed by atoms with Crippen molar-refractivity contribution < 1.29 is 4.74 Å². The van der Waals surface area contributed by atoms with Crippen LogP contribution in [0.15, 0.2) is 0 Å². The first-order valence-electron chi connectivity index (χ1n) is 5.99. The lowest BCUT2D eigenvalue weighted by molar-refractivity contribution is -0.0403. The minimum Gasteiger partial charge on any atom is -0.374 e. The van der Waals surface area contributed by atoms with Crippen molar-refractivity contribution in [3.8, 4) is 0 Å². The van der Waals surface area contributed by atoms with Crippen molar-refractivity contribution >= 4 is 0 Å². The van der Waals surface area contributed by atoms with Crippen LogP contribution in [0.1, 0.15) is 46.0 Å². The fraction of sp³-hybridized carbons (Fsp3) is 1.00. The van der Waals surface area contributed by atoms with E-state index in [9.17, 15) is 0 Å². The van der Waals surface area contributed by atoms with Gasteiger partial charge in [0, 0.05) is 13.2 Å². The van der Waals surface area contributed by atoms with E-state index in [0.29, 0.717) is 0 Å². The Kier molecular flexibility index (Phi) is 4.90. The molecule has 0 saturated heterocycles. The molecule has 0 amide bonds. The van der Waals surface area contributed by atoms with E-state index in [4.69, 9.17) is 4.74 Å². The van der Waals surface area contributed by atoms with Crippen LogP contribution in [0.2, 0.25) is 0 Å². The van der Waals surface area contributed by atoms with Gasteiger partial charge in [0.2, 0.25) is 0 Å². The van der Waals surface area contributed by atoms with Gasteiger partial charge in [-0.1, -0.05) is 26.2 Å². The van der Waals surface area contributed by atoms with E-state index < -0.39 is 0 Å². The minimum absolute atomic E-state index is 0.0402. The highest BCUT2D eigenvalue weighted by molar-refractivity contribution is 4.76. The normalized spacial score (nSPS) is 21.6. The summed E-state index contributed by atoms with van der Waals surface area (Å²) >= 11 is 0. The van der Waals surface area contributed by atoms with Crippen molar-refractivity contribution in [1.82, 2.24) is 5.32 Å². The van der Waals surface area contributed by atoms with Gasteiger partial charge < -0.3 is 10.1 Å². The van der Waals surface area contributed by atoms with Gasteiger partial charge in [-0.25, -0.2) is 0 Å². The first-order chi connectivity index (χ1) is 6.70. The monoisotopic (exact) mass is 199 g/mol. The van der Waals surface area contributed by atoms with E-state index in [2.05, 4.69) is 19.2 Å². The van der Waals surface area contributed by atoms with Crippen molar-refractivity contribution in [1.29, 1.82) is 0 Å². The fourth-order valence-electron chi connectivity index (χ4n) is 1.91. The molecule has 0 aromatic heterocycles. The van der Waals surface area contributed by atoms with Gasteiger partial charge >= 0.3 is 0 Å². The summed E-state index contributed by atoms with van der Waals surface area (Å²) < 4.78 is 5.96. The van der Waals surface area contributed by atoms with E-state index in [-0.39, 0.29) is 5.60 Å². The summed E-state index contributed by atoms with van der Waals surface area (Å²) in [6, 6.07) is 0. The molecule has 1 saturated carbocycles. The van der Waals surface area contributed by atoms with E-state index in [1.807, 2.05) is 7.05 Å². The second kappa shape index (κ2) is 5.72. The first-order valence-corrected chi connectivity index (χ1v) is 5.99. The summed E-state index contributed by atoms with van der Waals surface area (Å²) in [5.74, 6) is 0.964. The third kappa shape index (κ3) is 3.58. The maximum absolute atomic E-state index is 5.96. The highest BCUT2D eigenvalue weighted by atomic mass is 16.5. The molecule has 0 aliphatic heterocycles. The maximum atomic E-state index is 5.96. The molecule has 2 heteroatoms. The Morgan fingerprint density at radius 1 is 1.43 bits per heavy atom. The van der Waals surface area contributed by atoms with Crippen LogP contribution in [0.25, 0.3) is 0 Å². The van der Waals surface area contributed by atoms with Gasteiger partial charge in [0.05, 0.1) is 5.60 Å². The molecule has 84 valence electrons. The molecule has 0 aromatic rings. The molecular weight excluding hydrogens is 174 g/mol. The number of likely N-dealkylation sites (N-methyl/N-ethyl adjacent to an activating group) is 1. The molecule has 1 rings (SSSR count). The molecule has 2 nitrogen and oxygen atoms in total. The van der Waals surface area contributed by atoms with Gasteiger partial charge in [0.1, 0.15) is 0 Å². The molecular formula is C12H25NO. The second-order valence-corrected chi connectivity index (χ2v) is 4.77. The summed E-state index contributed by atoms with van der Waals surface area (Å²) in [7, 11) is 1.99. The van der Waals surface area contributed by atoms with Crippen molar-refractivity contribution in [3.63, 3.8) is 0 Å². The quantitative estimate of drug-likeness (QED) is 0.680. The maximum Gasteiger partial charge on any atom is 0.0775 e. The Hall–Kier alpha value is -0.0800. The summed E-state index contributed by atoms with van der Waals surface area (Å²) in [4.78, 5) is 0. The number of ether oxygens (including phenoxy) is 1. The Bertz CT molecular complexity index is 156. The number of rotatable bonds is 7. The number of hydrogen-bond acceptors (Lipinski definition) is 2. The molecule has 1 fully saturated rings. The van der Waals surface area contributed by atoms with Crippen LogP contribution in [0.5, 0.6) is 0 Å². The van der Waals surface area contributed by atoms with Crippen molar-refractivity contribution in [2.45, 2.75) is 51.6 Å². The van der Waals surface area contributed by atoms with Crippen LogP contribution in [0, 0.1) is 5.92 Å². The van der Waals surface area contributed by atoms with Crippen LogP contribution in [-0.4, -0.2) is 25.8 Å². The Balaban J connectivity index is 2.12. The number of hydrogen-bond donors (Lipinski definition) is 1. The molecule has 1 aliphatic carbocycles. The third-order valence-electron chi connectivity index (χ3n) is 3.50. The highest BCUT2D eigenvalue weighted by Gasteiger charge is 2.23. The van der Waals surface area contributed by atoms with Crippen LogP contribution < -0.4 is 5.32 Å². The third-order valence-corrected chi connectivity index (χ3v) is 3.50. The lowest BCUT2D eigenvalue weighted by Crippen LogP contribution is -2.39. The zero-order valence-corrected chi connectivity index (χ0v) is 9.94. The average Bonchev–Trinajstić information content (AvgIpc) is 2.10. The van der Waals surface area contributed by atoms with Crippen LogP contribution in [0.3, 0.4) is 0 Å². The Morgan fingerprint density at radius 3 is 2.57 bits per heavy atom.